The Kier molecular flexibility index (Phi) is 5.53. The highest BCUT2D eigenvalue weighted by atomic mass is 16.5. The van der Waals surface area contributed by atoms with Crippen LogP contribution in [-0.2, 0) is 0 Å². The lowest BCUT2D eigenvalue weighted by molar-refractivity contribution is 0.317. The van der Waals surface area contributed by atoms with Gasteiger partial charge in [-0.15, -0.1) is 0 Å². The van der Waals surface area contributed by atoms with Crippen molar-refractivity contribution in [1.29, 1.82) is 0 Å². The van der Waals surface area contributed by atoms with Crippen LogP contribution in [0.3, 0.4) is 0 Å². The molecule has 0 N–H and O–H groups in total. The zero-order chi connectivity index (χ0) is 19.2. The molecule has 4 aromatic rings. The van der Waals surface area contributed by atoms with E-state index in [2.05, 4.69) is 91.9 Å². The Morgan fingerprint density at radius 1 is 0.464 bits per heavy atom. The second kappa shape index (κ2) is 8.58. The van der Waals surface area contributed by atoms with E-state index >= 15 is 0 Å². The highest BCUT2D eigenvalue weighted by Gasteiger charge is 2.03. The van der Waals surface area contributed by atoms with Gasteiger partial charge in [0.15, 0.2) is 0 Å². The first-order valence-electron chi connectivity index (χ1n) is 9.82. The van der Waals surface area contributed by atoms with Gasteiger partial charge in [0, 0.05) is 0 Å². The zero-order valence-corrected chi connectivity index (χ0v) is 16.1. The maximum Gasteiger partial charge on any atom is 0.119 e. The summed E-state index contributed by atoms with van der Waals surface area (Å²) in [6, 6.07) is 36.3. The number of benzene rings is 4. The van der Waals surface area contributed by atoms with Crippen LogP contribution in [0.2, 0.25) is 0 Å². The van der Waals surface area contributed by atoms with E-state index in [1.54, 1.807) is 0 Å². The number of ether oxygens (including phenoxy) is 1. The van der Waals surface area contributed by atoms with Crippen molar-refractivity contribution in [2.45, 2.75) is 13.3 Å². The van der Waals surface area contributed by atoms with Crippen LogP contribution in [0.4, 0.5) is 0 Å². The molecule has 0 saturated carbocycles. The molecule has 0 saturated heterocycles. The summed E-state index contributed by atoms with van der Waals surface area (Å²) in [5.74, 6) is 0.931. The van der Waals surface area contributed by atoms with Gasteiger partial charge in [-0.1, -0.05) is 97.9 Å². The Labute approximate surface area is 167 Å². The fourth-order valence-corrected chi connectivity index (χ4v) is 3.30. The second-order valence-corrected chi connectivity index (χ2v) is 6.89. The highest BCUT2D eigenvalue weighted by Crippen LogP contribution is 2.28. The largest absolute Gasteiger partial charge is 0.494 e. The summed E-state index contributed by atoms with van der Waals surface area (Å²) < 4.78 is 5.66. The van der Waals surface area contributed by atoms with E-state index in [0.29, 0.717) is 0 Å². The average molecular weight is 364 g/mol. The van der Waals surface area contributed by atoms with Crippen LogP contribution in [0.25, 0.3) is 33.4 Å². The molecule has 0 aliphatic carbocycles. The first-order valence-corrected chi connectivity index (χ1v) is 9.82. The summed E-state index contributed by atoms with van der Waals surface area (Å²) in [7, 11) is 0. The fourth-order valence-electron chi connectivity index (χ4n) is 3.30. The maximum absolute atomic E-state index is 5.66. The molecule has 1 heteroatoms. The molecule has 0 aliphatic heterocycles. The molecule has 4 rings (SSSR count). The van der Waals surface area contributed by atoms with Crippen molar-refractivity contribution in [3.63, 3.8) is 0 Å². The van der Waals surface area contributed by atoms with E-state index in [-0.39, 0.29) is 0 Å². The summed E-state index contributed by atoms with van der Waals surface area (Å²) in [6.07, 6.45) is 1.02. The molecule has 0 radical (unpaired) electrons. The van der Waals surface area contributed by atoms with Crippen molar-refractivity contribution in [3.8, 4) is 39.1 Å². The van der Waals surface area contributed by atoms with E-state index in [4.69, 9.17) is 4.74 Å². The summed E-state index contributed by atoms with van der Waals surface area (Å²) in [4.78, 5) is 0. The Bertz CT molecular complexity index is 999. The third kappa shape index (κ3) is 4.15. The molecular formula is C27H24O. The van der Waals surface area contributed by atoms with E-state index in [0.717, 1.165) is 18.8 Å². The van der Waals surface area contributed by atoms with Crippen LogP contribution in [-0.4, -0.2) is 6.61 Å². The van der Waals surface area contributed by atoms with Gasteiger partial charge in [-0.3, -0.25) is 0 Å². The minimum Gasteiger partial charge on any atom is -0.494 e. The minimum atomic E-state index is 0.761. The van der Waals surface area contributed by atoms with Gasteiger partial charge in [0.1, 0.15) is 5.75 Å². The van der Waals surface area contributed by atoms with Crippen molar-refractivity contribution in [2.75, 3.05) is 6.61 Å². The Morgan fingerprint density at radius 3 is 1.21 bits per heavy atom. The van der Waals surface area contributed by atoms with Crippen LogP contribution in [0.1, 0.15) is 13.3 Å². The minimum absolute atomic E-state index is 0.761. The van der Waals surface area contributed by atoms with Crippen LogP contribution < -0.4 is 4.74 Å². The topological polar surface area (TPSA) is 9.23 Å². The van der Waals surface area contributed by atoms with Gasteiger partial charge in [0.25, 0.3) is 0 Å². The highest BCUT2D eigenvalue weighted by molar-refractivity contribution is 5.73. The van der Waals surface area contributed by atoms with Crippen molar-refractivity contribution < 1.29 is 4.74 Å². The lowest BCUT2D eigenvalue weighted by Gasteiger charge is -2.08. The van der Waals surface area contributed by atoms with E-state index < -0.39 is 0 Å². The molecule has 4 aromatic carbocycles. The van der Waals surface area contributed by atoms with Gasteiger partial charge in [-0.2, -0.15) is 0 Å². The molecule has 0 bridgehead atoms. The maximum atomic E-state index is 5.66. The van der Waals surface area contributed by atoms with Crippen LogP contribution in [0.15, 0.2) is 103 Å². The van der Waals surface area contributed by atoms with E-state index in [1.807, 2.05) is 18.2 Å². The fraction of sp³-hybridized carbons (Fsp3) is 0.111. The smallest absolute Gasteiger partial charge is 0.119 e. The molecule has 0 amide bonds. The molecule has 0 unspecified atom stereocenters. The second-order valence-electron chi connectivity index (χ2n) is 6.89. The number of hydrogen-bond acceptors (Lipinski definition) is 1. The van der Waals surface area contributed by atoms with Crippen LogP contribution >= 0.6 is 0 Å². The first kappa shape index (κ1) is 18.1. The lowest BCUT2D eigenvalue weighted by Crippen LogP contribution is -1.94. The Morgan fingerprint density at radius 2 is 0.821 bits per heavy atom. The molecule has 0 aliphatic rings. The first-order chi connectivity index (χ1) is 13.8. The van der Waals surface area contributed by atoms with Gasteiger partial charge in [0.05, 0.1) is 6.61 Å². The Hall–Kier alpha value is -3.32. The molecule has 0 fully saturated rings. The van der Waals surface area contributed by atoms with Crippen molar-refractivity contribution in [1.82, 2.24) is 0 Å². The third-order valence-corrected chi connectivity index (χ3v) is 4.87. The van der Waals surface area contributed by atoms with Gasteiger partial charge in [-0.25, -0.2) is 0 Å². The summed E-state index contributed by atoms with van der Waals surface area (Å²) >= 11 is 0. The monoisotopic (exact) mass is 364 g/mol. The molecular weight excluding hydrogens is 340 g/mol. The van der Waals surface area contributed by atoms with Gasteiger partial charge in [0.2, 0.25) is 0 Å². The summed E-state index contributed by atoms with van der Waals surface area (Å²) in [6.45, 7) is 2.88. The molecule has 138 valence electrons. The lowest BCUT2D eigenvalue weighted by atomic mass is 9.98. The standard InChI is InChI=1S/C27H24O/c1-2-20-28-27-18-16-26(17-19-27)25-14-12-24(13-15-25)23-10-8-22(9-11-23)21-6-4-3-5-7-21/h3-19H,2,20H2,1H3. The molecule has 28 heavy (non-hydrogen) atoms. The van der Waals surface area contributed by atoms with Gasteiger partial charge < -0.3 is 4.74 Å². The van der Waals surface area contributed by atoms with Crippen molar-refractivity contribution >= 4 is 0 Å². The van der Waals surface area contributed by atoms with Crippen molar-refractivity contribution in [3.05, 3.63) is 103 Å². The molecule has 0 atom stereocenters. The number of rotatable bonds is 6. The molecule has 0 spiro atoms. The van der Waals surface area contributed by atoms with Gasteiger partial charge >= 0.3 is 0 Å². The van der Waals surface area contributed by atoms with Crippen LogP contribution in [0.5, 0.6) is 5.75 Å². The van der Waals surface area contributed by atoms with Gasteiger partial charge in [-0.05, 0) is 51.9 Å². The normalized spacial score (nSPS) is 10.6. The third-order valence-electron chi connectivity index (χ3n) is 4.87. The average Bonchev–Trinajstić information content (AvgIpc) is 2.79. The quantitative estimate of drug-likeness (QED) is 0.345. The molecule has 1 nitrogen and oxygen atoms in total. The summed E-state index contributed by atoms with van der Waals surface area (Å²) in [5, 5.41) is 0. The van der Waals surface area contributed by atoms with E-state index in [9.17, 15) is 0 Å². The van der Waals surface area contributed by atoms with E-state index in [1.165, 1.54) is 33.4 Å². The number of hydrogen-bond donors (Lipinski definition) is 0. The molecule has 0 aromatic heterocycles. The molecule has 0 heterocycles. The summed E-state index contributed by atoms with van der Waals surface area (Å²) in [5.41, 5.74) is 7.37. The van der Waals surface area contributed by atoms with Crippen LogP contribution in [0, 0.1) is 0 Å². The van der Waals surface area contributed by atoms with Crippen molar-refractivity contribution in [2.24, 2.45) is 0 Å². The Balaban J connectivity index is 1.50. The SMILES string of the molecule is CCCOc1ccc(-c2ccc(-c3ccc(-c4ccccc4)cc3)cc2)cc1. The zero-order valence-electron chi connectivity index (χ0n) is 16.1. The predicted octanol–water partition coefficient (Wildman–Crippen LogP) is 7.48. The predicted molar refractivity (Wildman–Crippen MR) is 119 cm³/mol.